The van der Waals surface area contributed by atoms with Crippen molar-refractivity contribution in [1.82, 2.24) is 4.90 Å². The molecule has 0 aromatic rings. The van der Waals surface area contributed by atoms with E-state index < -0.39 is 0 Å². The van der Waals surface area contributed by atoms with E-state index in [9.17, 15) is 0 Å². The Kier molecular flexibility index (Phi) is 5.28. The van der Waals surface area contributed by atoms with Crippen LogP contribution >= 0.6 is 0 Å². The largest absolute Gasteiger partial charge is 0.341 e. The van der Waals surface area contributed by atoms with E-state index >= 15 is 0 Å². The fraction of sp³-hybridized carbons (Fsp3) is 0.250. The van der Waals surface area contributed by atoms with Crippen LogP contribution in [0.15, 0.2) is 72.7 Å². The maximum atomic E-state index is 3.86. The molecule has 0 aromatic carbocycles. The van der Waals surface area contributed by atoms with Crippen LogP contribution in [-0.2, 0) is 0 Å². The summed E-state index contributed by atoms with van der Waals surface area (Å²) in [6.07, 6.45) is 15.4. The number of allylic oxidation sites excluding steroid dienone is 7. The van der Waals surface area contributed by atoms with Crippen LogP contribution in [-0.4, -0.2) is 11.4 Å². The van der Waals surface area contributed by atoms with Crippen molar-refractivity contribution < 1.29 is 0 Å². The summed E-state index contributed by atoms with van der Waals surface area (Å²) in [7, 11) is 0. The van der Waals surface area contributed by atoms with Crippen LogP contribution in [0, 0.1) is 0 Å². The van der Waals surface area contributed by atoms with Crippen LogP contribution in [0.1, 0.15) is 20.3 Å². The van der Waals surface area contributed by atoms with E-state index in [0.29, 0.717) is 0 Å². The van der Waals surface area contributed by atoms with E-state index in [1.54, 1.807) is 0 Å². The molecule has 90 valence electrons. The molecule has 1 nitrogen and oxygen atoms in total. The number of nitrogens with zero attached hydrogens (tertiary/aromatic N) is 1. The maximum Gasteiger partial charge on any atom is 0.0406 e. The Morgan fingerprint density at radius 1 is 1.47 bits per heavy atom. The number of hydrogen-bond acceptors (Lipinski definition) is 1. The van der Waals surface area contributed by atoms with E-state index in [2.05, 4.69) is 55.4 Å². The second-order valence-electron chi connectivity index (χ2n) is 3.99. The molecule has 0 fully saturated rings. The summed E-state index contributed by atoms with van der Waals surface area (Å²) >= 11 is 0. The predicted octanol–water partition coefficient (Wildman–Crippen LogP) is 4.35. The Morgan fingerprint density at radius 2 is 2.24 bits per heavy atom. The molecule has 0 aromatic heterocycles. The minimum atomic E-state index is 0.804. The molecule has 0 radical (unpaired) electrons. The molecule has 1 aliphatic carbocycles. The molecule has 0 spiro atoms. The highest BCUT2D eigenvalue weighted by Gasteiger charge is 2.10. The Balaban J connectivity index is 2.99. The van der Waals surface area contributed by atoms with Gasteiger partial charge in [0.2, 0.25) is 0 Å². The van der Waals surface area contributed by atoms with E-state index in [1.165, 1.54) is 11.3 Å². The Bertz CT molecular complexity index is 402. The molecule has 0 saturated carbocycles. The SMILES string of the molecule is C=CCN(C1=CC=CC(C)=CC1)/C(C=C)=C/C. The molecule has 0 atom stereocenters. The van der Waals surface area contributed by atoms with Gasteiger partial charge in [-0.15, -0.1) is 6.58 Å². The lowest BCUT2D eigenvalue weighted by Crippen LogP contribution is -2.21. The van der Waals surface area contributed by atoms with E-state index in [4.69, 9.17) is 0 Å². The second kappa shape index (κ2) is 6.74. The van der Waals surface area contributed by atoms with E-state index in [-0.39, 0.29) is 0 Å². The van der Waals surface area contributed by atoms with Crippen molar-refractivity contribution in [3.05, 3.63) is 72.7 Å². The van der Waals surface area contributed by atoms with E-state index in [1.807, 2.05) is 19.1 Å². The third-order valence-electron chi connectivity index (χ3n) is 2.76. The fourth-order valence-electron chi connectivity index (χ4n) is 1.81. The van der Waals surface area contributed by atoms with Gasteiger partial charge >= 0.3 is 0 Å². The smallest absolute Gasteiger partial charge is 0.0406 e. The van der Waals surface area contributed by atoms with Crippen molar-refractivity contribution >= 4 is 0 Å². The van der Waals surface area contributed by atoms with Crippen LogP contribution in [0.4, 0.5) is 0 Å². The highest BCUT2D eigenvalue weighted by atomic mass is 15.1. The highest BCUT2D eigenvalue weighted by Crippen LogP contribution is 2.20. The molecule has 0 unspecified atom stereocenters. The standard InChI is InChI=1S/C16H21N/c1-5-13-17(15(6-2)7-3)16-10-8-9-14(4)11-12-16/h5-11H,1-2,12-13H2,3-4H3/b15-7+. The minimum Gasteiger partial charge on any atom is -0.341 e. The molecule has 0 heterocycles. The third-order valence-corrected chi connectivity index (χ3v) is 2.76. The van der Waals surface area contributed by atoms with Crippen molar-refractivity contribution in [1.29, 1.82) is 0 Å². The molecular formula is C16H21N. The van der Waals surface area contributed by atoms with Crippen LogP contribution in [0.2, 0.25) is 0 Å². The highest BCUT2D eigenvalue weighted by molar-refractivity contribution is 5.32. The summed E-state index contributed by atoms with van der Waals surface area (Å²) in [5.74, 6) is 0. The predicted molar refractivity (Wildman–Crippen MR) is 76.5 cm³/mol. The summed E-state index contributed by atoms with van der Waals surface area (Å²) in [5.41, 5.74) is 3.69. The monoisotopic (exact) mass is 227 g/mol. The van der Waals surface area contributed by atoms with Crippen LogP contribution in [0.5, 0.6) is 0 Å². The van der Waals surface area contributed by atoms with Crippen molar-refractivity contribution in [2.75, 3.05) is 6.54 Å². The normalized spacial score (nSPS) is 15.8. The van der Waals surface area contributed by atoms with Gasteiger partial charge in [-0.1, -0.05) is 42.5 Å². The van der Waals surface area contributed by atoms with Crippen LogP contribution < -0.4 is 0 Å². The minimum absolute atomic E-state index is 0.804. The molecule has 0 aliphatic heterocycles. The number of hydrogen-bond donors (Lipinski definition) is 0. The van der Waals surface area contributed by atoms with Gasteiger partial charge in [-0.3, -0.25) is 0 Å². The molecule has 17 heavy (non-hydrogen) atoms. The van der Waals surface area contributed by atoms with Crippen molar-refractivity contribution in [2.24, 2.45) is 0 Å². The van der Waals surface area contributed by atoms with Crippen molar-refractivity contribution in [3.63, 3.8) is 0 Å². The van der Waals surface area contributed by atoms with Gasteiger partial charge in [0.1, 0.15) is 0 Å². The second-order valence-corrected chi connectivity index (χ2v) is 3.99. The average Bonchev–Trinajstić information content (AvgIpc) is 2.54. The Hall–Kier alpha value is -1.76. The first-order valence-corrected chi connectivity index (χ1v) is 5.94. The first-order valence-electron chi connectivity index (χ1n) is 5.94. The van der Waals surface area contributed by atoms with Crippen molar-refractivity contribution in [2.45, 2.75) is 20.3 Å². The molecule has 0 amide bonds. The Morgan fingerprint density at radius 3 is 2.82 bits per heavy atom. The molecule has 1 rings (SSSR count). The lowest BCUT2D eigenvalue weighted by Gasteiger charge is -2.26. The van der Waals surface area contributed by atoms with Gasteiger partial charge in [-0.25, -0.2) is 0 Å². The van der Waals surface area contributed by atoms with Gasteiger partial charge < -0.3 is 4.90 Å². The summed E-state index contributed by atoms with van der Waals surface area (Å²) in [5, 5.41) is 0. The molecule has 1 heteroatoms. The summed E-state index contributed by atoms with van der Waals surface area (Å²) < 4.78 is 0. The molecule has 0 N–H and O–H groups in total. The van der Waals surface area contributed by atoms with Gasteiger partial charge in [-0.05, 0) is 26.0 Å². The van der Waals surface area contributed by atoms with E-state index in [0.717, 1.165) is 18.7 Å². The summed E-state index contributed by atoms with van der Waals surface area (Å²) in [6.45, 7) is 12.6. The first kappa shape index (κ1) is 13.3. The third kappa shape index (κ3) is 3.63. The summed E-state index contributed by atoms with van der Waals surface area (Å²) in [6, 6.07) is 0. The van der Waals surface area contributed by atoms with Gasteiger partial charge in [-0.2, -0.15) is 0 Å². The van der Waals surface area contributed by atoms with Crippen LogP contribution in [0.25, 0.3) is 0 Å². The molecule has 0 saturated heterocycles. The van der Waals surface area contributed by atoms with Crippen LogP contribution in [0.3, 0.4) is 0 Å². The molecular weight excluding hydrogens is 206 g/mol. The average molecular weight is 227 g/mol. The Labute approximate surface area is 105 Å². The zero-order chi connectivity index (χ0) is 12.7. The quantitative estimate of drug-likeness (QED) is 0.498. The zero-order valence-corrected chi connectivity index (χ0v) is 10.8. The first-order chi connectivity index (χ1) is 8.22. The molecule has 1 aliphatic rings. The fourth-order valence-corrected chi connectivity index (χ4v) is 1.81. The lowest BCUT2D eigenvalue weighted by molar-refractivity contribution is 0.477. The van der Waals surface area contributed by atoms with Crippen molar-refractivity contribution in [3.8, 4) is 0 Å². The molecule has 0 bridgehead atoms. The topological polar surface area (TPSA) is 3.24 Å². The zero-order valence-electron chi connectivity index (χ0n) is 10.8. The number of rotatable bonds is 5. The van der Waals surface area contributed by atoms with Gasteiger partial charge in [0.15, 0.2) is 0 Å². The van der Waals surface area contributed by atoms with Gasteiger partial charge in [0.25, 0.3) is 0 Å². The van der Waals surface area contributed by atoms with Gasteiger partial charge in [0.05, 0.1) is 0 Å². The van der Waals surface area contributed by atoms with Gasteiger partial charge in [0, 0.05) is 24.4 Å². The maximum absolute atomic E-state index is 3.86. The lowest BCUT2D eigenvalue weighted by atomic mass is 10.2. The summed E-state index contributed by atoms with van der Waals surface area (Å²) in [4.78, 5) is 2.24.